The average Bonchev–Trinajstić information content (AvgIpc) is 2.99. The smallest absolute Gasteiger partial charge is 0.323 e. The van der Waals surface area contributed by atoms with Gasteiger partial charge in [0.2, 0.25) is 5.91 Å². The van der Waals surface area contributed by atoms with Gasteiger partial charge in [0.05, 0.1) is 13.0 Å². The van der Waals surface area contributed by atoms with Crippen molar-refractivity contribution in [2.45, 2.75) is 38.1 Å². The summed E-state index contributed by atoms with van der Waals surface area (Å²) >= 11 is 0. The van der Waals surface area contributed by atoms with Crippen LogP contribution in [-0.2, 0) is 9.59 Å². The maximum Gasteiger partial charge on any atom is 0.323 e. The normalized spacial score (nSPS) is 14.9. The first kappa shape index (κ1) is 15.4. The van der Waals surface area contributed by atoms with E-state index in [-0.39, 0.29) is 31.5 Å². The molecule has 5 heteroatoms. The molecule has 0 bridgehead atoms. The Labute approximate surface area is 124 Å². The molecule has 0 radical (unpaired) electrons. The van der Waals surface area contributed by atoms with Crippen molar-refractivity contribution in [3.63, 3.8) is 0 Å². The first-order chi connectivity index (χ1) is 10.2. The molecule has 1 fully saturated rings. The van der Waals surface area contributed by atoms with Crippen molar-refractivity contribution in [1.29, 1.82) is 0 Å². The van der Waals surface area contributed by atoms with Crippen LogP contribution >= 0.6 is 0 Å². The summed E-state index contributed by atoms with van der Waals surface area (Å²) in [6.45, 7) is 0.0561. The second kappa shape index (κ2) is 7.67. The van der Waals surface area contributed by atoms with E-state index in [1.54, 1.807) is 0 Å². The first-order valence-electron chi connectivity index (χ1n) is 7.36. The van der Waals surface area contributed by atoms with Crippen LogP contribution in [0.5, 0.6) is 5.75 Å². The molecule has 0 atom stereocenters. The van der Waals surface area contributed by atoms with Crippen LogP contribution in [0.1, 0.15) is 32.1 Å². The van der Waals surface area contributed by atoms with Gasteiger partial charge in [0, 0.05) is 6.04 Å². The molecule has 2 rings (SSSR count). The Balaban J connectivity index is 1.84. The third kappa shape index (κ3) is 4.77. The first-order valence-corrected chi connectivity index (χ1v) is 7.36. The van der Waals surface area contributed by atoms with Crippen molar-refractivity contribution in [1.82, 2.24) is 4.90 Å². The molecule has 21 heavy (non-hydrogen) atoms. The minimum Gasteiger partial charge on any atom is -0.493 e. The largest absolute Gasteiger partial charge is 0.493 e. The topological polar surface area (TPSA) is 66.8 Å². The monoisotopic (exact) mass is 291 g/mol. The molecule has 0 aromatic heterocycles. The van der Waals surface area contributed by atoms with Crippen LogP contribution in [0.2, 0.25) is 0 Å². The highest BCUT2D eigenvalue weighted by Gasteiger charge is 2.27. The van der Waals surface area contributed by atoms with E-state index in [2.05, 4.69) is 0 Å². The molecule has 1 N–H and O–H groups in total. The van der Waals surface area contributed by atoms with Crippen LogP contribution in [0.25, 0.3) is 0 Å². The summed E-state index contributed by atoms with van der Waals surface area (Å²) in [5, 5.41) is 8.97. The number of carboxylic acids is 1. The van der Waals surface area contributed by atoms with E-state index in [0.717, 1.165) is 31.4 Å². The fourth-order valence-corrected chi connectivity index (χ4v) is 2.70. The van der Waals surface area contributed by atoms with Crippen molar-refractivity contribution < 1.29 is 19.4 Å². The van der Waals surface area contributed by atoms with Gasteiger partial charge >= 0.3 is 5.97 Å². The lowest BCUT2D eigenvalue weighted by Crippen LogP contribution is -2.42. The molecule has 1 aliphatic rings. The molecule has 0 aliphatic heterocycles. The molecule has 1 aromatic carbocycles. The van der Waals surface area contributed by atoms with Crippen molar-refractivity contribution >= 4 is 11.9 Å². The lowest BCUT2D eigenvalue weighted by atomic mass is 10.2. The van der Waals surface area contributed by atoms with Crippen molar-refractivity contribution in [2.24, 2.45) is 0 Å². The number of hydrogen-bond donors (Lipinski definition) is 1. The van der Waals surface area contributed by atoms with Gasteiger partial charge in [0.1, 0.15) is 12.3 Å². The summed E-state index contributed by atoms with van der Waals surface area (Å²) in [5.74, 6) is -0.379. The Morgan fingerprint density at radius 2 is 1.86 bits per heavy atom. The number of para-hydroxylation sites is 1. The molecule has 5 nitrogen and oxygen atoms in total. The highest BCUT2D eigenvalue weighted by atomic mass is 16.5. The van der Waals surface area contributed by atoms with E-state index in [0.29, 0.717) is 0 Å². The molecule has 1 aromatic rings. The van der Waals surface area contributed by atoms with Crippen molar-refractivity contribution in [3.05, 3.63) is 30.3 Å². The number of aliphatic carboxylic acids is 1. The molecule has 1 amide bonds. The lowest BCUT2D eigenvalue weighted by Gasteiger charge is -2.27. The van der Waals surface area contributed by atoms with Gasteiger partial charge in [-0.05, 0) is 25.0 Å². The predicted octanol–water partition coefficient (Wildman–Crippen LogP) is 2.31. The third-order valence-electron chi connectivity index (χ3n) is 3.72. The fourth-order valence-electron chi connectivity index (χ4n) is 2.70. The maximum absolute atomic E-state index is 12.2. The SMILES string of the molecule is O=C(O)CN(C(=O)CCOc1ccccc1)C1CCCC1. The molecule has 1 saturated carbocycles. The average molecular weight is 291 g/mol. The Kier molecular flexibility index (Phi) is 5.60. The van der Waals surface area contributed by atoms with Gasteiger partial charge in [0.15, 0.2) is 0 Å². The van der Waals surface area contributed by atoms with E-state index >= 15 is 0 Å². The van der Waals surface area contributed by atoms with Crippen LogP contribution in [-0.4, -0.2) is 41.1 Å². The zero-order chi connectivity index (χ0) is 15.1. The summed E-state index contributed by atoms with van der Waals surface area (Å²) < 4.78 is 5.50. The van der Waals surface area contributed by atoms with E-state index in [1.807, 2.05) is 30.3 Å². The standard InChI is InChI=1S/C16H21NO4/c18-15(10-11-21-14-8-2-1-3-9-14)17(12-16(19)20)13-6-4-5-7-13/h1-3,8-9,13H,4-7,10-12H2,(H,19,20). The van der Waals surface area contributed by atoms with Gasteiger partial charge in [0.25, 0.3) is 0 Å². The summed E-state index contributed by atoms with van der Waals surface area (Å²) in [7, 11) is 0. The van der Waals surface area contributed by atoms with E-state index in [4.69, 9.17) is 9.84 Å². The van der Waals surface area contributed by atoms with Crippen LogP contribution in [0.15, 0.2) is 30.3 Å². The van der Waals surface area contributed by atoms with E-state index in [9.17, 15) is 9.59 Å². The Bertz CT molecular complexity index is 468. The number of ether oxygens (including phenoxy) is 1. The van der Waals surface area contributed by atoms with Crippen LogP contribution < -0.4 is 4.74 Å². The van der Waals surface area contributed by atoms with Gasteiger partial charge < -0.3 is 14.7 Å². The number of carbonyl (C=O) groups excluding carboxylic acids is 1. The van der Waals surface area contributed by atoms with Crippen LogP contribution in [0.4, 0.5) is 0 Å². The van der Waals surface area contributed by atoms with E-state index < -0.39 is 5.97 Å². The van der Waals surface area contributed by atoms with Crippen LogP contribution in [0.3, 0.4) is 0 Å². The van der Waals surface area contributed by atoms with Gasteiger partial charge in [-0.1, -0.05) is 31.0 Å². The molecule has 0 heterocycles. The number of benzene rings is 1. The maximum atomic E-state index is 12.2. The zero-order valence-corrected chi connectivity index (χ0v) is 12.0. The molecular weight excluding hydrogens is 270 g/mol. The minimum absolute atomic E-state index is 0.0744. The molecule has 0 saturated heterocycles. The quantitative estimate of drug-likeness (QED) is 0.837. The highest BCUT2D eigenvalue weighted by Crippen LogP contribution is 2.24. The summed E-state index contributed by atoms with van der Waals surface area (Å²) in [4.78, 5) is 24.7. The van der Waals surface area contributed by atoms with Gasteiger partial charge in [-0.3, -0.25) is 9.59 Å². The van der Waals surface area contributed by atoms with Gasteiger partial charge in [-0.25, -0.2) is 0 Å². The van der Waals surface area contributed by atoms with Crippen LogP contribution in [0, 0.1) is 0 Å². The Morgan fingerprint density at radius 3 is 2.48 bits per heavy atom. The number of carbonyl (C=O) groups is 2. The van der Waals surface area contributed by atoms with Gasteiger partial charge in [-0.15, -0.1) is 0 Å². The number of amides is 1. The summed E-state index contributed by atoms with van der Waals surface area (Å²) in [6.07, 6.45) is 4.14. The molecule has 0 spiro atoms. The van der Waals surface area contributed by atoms with Crippen molar-refractivity contribution in [2.75, 3.05) is 13.2 Å². The number of hydrogen-bond acceptors (Lipinski definition) is 3. The molecule has 1 aliphatic carbocycles. The second-order valence-corrected chi connectivity index (χ2v) is 5.27. The Morgan fingerprint density at radius 1 is 1.19 bits per heavy atom. The van der Waals surface area contributed by atoms with E-state index in [1.165, 1.54) is 4.90 Å². The summed E-state index contributed by atoms with van der Waals surface area (Å²) in [6, 6.07) is 9.36. The number of carboxylic acid groups (broad SMARTS) is 1. The lowest BCUT2D eigenvalue weighted by molar-refractivity contribution is -0.146. The minimum atomic E-state index is -0.959. The highest BCUT2D eigenvalue weighted by molar-refractivity contribution is 5.81. The summed E-state index contributed by atoms with van der Waals surface area (Å²) in [5.41, 5.74) is 0. The predicted molar refractivity (Wildman–Crippen MR) is 78.2 cm³/mol. The number of nitrogens with zero attached hydrogens (tertiary/aromatic N) is 1. The molecular formula is C16H21NO4. The molecule has 0 unspecified atom stereocenters. The second-order valence-electron chi connectivity index (χ2n) is 5.27. The molecule has 114 valence electrons. The van der Waals surface area contributed by atoms with Gasteiger partial charge in [-0.2, -0.15) is 0 Å². The fraction of sp³-hybridized carbons (Fsp3) is 0.500. The zero-order valence-electron chi connectivity index (χ0n) is 12.0. The number of rotatable bonds is 7. The third-order valence-corrected chi connectivity index (χ3v) is 3.72. The Hall–Kier alpha value is -2.04. The van der Waals surface area contributed by atoms with Crippen molar-refractivity contribution in [3.8, 4) is 5.75 Å².